The molecule has 1 fully saturated rings. The second-order valence-electron chi connectivity index (χ2n) is 7.63. The van der Waals surface area contributed by atoms with Crippen molar-refractivity contribution in [2.75, 3.05) is 0 Å². The van der Waals surface area contributed by atoms with Gasteiger partial charge >= 0.3 is 0 Å². The zero-order valence-corrected chi connectivity index (χ0v) is 17.5. The van der Waals surface area contributed by atoms with Crippen molar-refractivity contribution in [2.24, 2.45) is 5.41 Å². The largest absolute Gasteiger partial charge is 0.451 e. The first-order valence-electron chi connectivity index (χ1n) is 9.84. The third kappa shape index (κ3) is 4.91. The van der Waals surface area contributed by atoms with Gasteiger partial charge in [0, 0.05) is 30.4 Å². The van der Waals surface area contributed by atoms with Gasteiger partial charge in [-0.05, 0) is 48.7 Å². The predicted octanol–water partition coefficient (Wildman–Crippen LogP) is 4.87. The Hall–Kier alpha value is -3.39. The molecule has 4 rings (SSSR count). The van der Waals surface area contributed by atoms with Gasteiger partial charge in [-0.1, -0.05) is 17.7 Å². The molecule has 0 aliphatic heterocycles. The van der Waals surface area contributed by atoms with Crippen molar-refractivity contribution in [3.8, 4) is 11.5 Å². The number of aromatic nitrogens is 2. The van der Waals surface area contributed by atoms with Crippen molar-refractivity contribution in [3.05, 3.63) is 82.9 Å². The first kappa shape index (κ1) is 21.8. The third-order valence-corrected chi connectivity index (χ3v) is 5.52. The van der Waals surface area contributed by atoms with Gasteiger partial charge in [0.1, 0.15) is 6.33 Å². The number of benzene rings is 2. The van der Waals surface area contributed by atoms with Gasteiger partial charge in [-0.25, -0.2) is 18.7 Å². The third-order valence-electron chi connectivity index (χ3n) is 5.28. The maximum absolute atomic E-state index is 14.4. The van der Waals surface area contributed by atoms with E-state index in [-0.39, 0.29) is 41.2 Å². The van der Waals surface area contributed by atoms with Crippen LogP contribution in [0.25, 0.3) is 0 Å². The van der Waals surface area contributed by atoms with E-state index in [9.17, 15) is 18.4 Å². The Morgan fingerprint density at radius 2 is 1.69 bits per heavy atom. The lowest BCUT2D eigenvalue weighted by atomic mass is 9.95. The van der Waals surface area contributed by atoms with E-state index in [1.165, 1.54) is 43.0 Å². The molecule has 1 saturated carbocycles. The summed E-state index contributed by atoms with van der Waals surface area (Å²) in [5.74, 6) is -2.17. The number of hydrogen-bond acceptors (Lipinski definition) is 5. The highest BCUT2D eigenvalue weighted by molar-refractivity contribution is 6.30. The molecule has 1 aliphatic carbocycles. The number of carbonyl (C=O) groups is 2. The van der Waals surface area contributed by atoms with Crippen LogP contribution in [0.3, 0.4) is 0 Å². The number of nitrogens with one attached hydrogen (secondary N) is 1. The van der Waals surface area contributed by atoms with Gasteiger partial charge in [0.05, 0.1) is 11.0 Å². The quantitative estimate of drug-likeness (QED) is 0.488. The van der Waals surface area contributed by atoms with E-state index in [2.05, 4.69) is 15.3 Å². The van der Waals surface area contributed by atoms with E-state index in [0.717, 1.165) is 6.07 Å². The zero-order valence-electron chi connectivity index (χ0n) is 16.8. The summed E-state index contributed by atoms with van der Waals surface area (Å²) in [7, 11) is 0. The van der Waals surface area contributed by atoms with Crippen LogP contribution in [0.4, 0.5) is 8.78 Å². The Labute approximate surface area is 187 Å². The van der Waals surface area contributed by atoms with E-state index >= 15 is 0 Å². The van der Waals surface area contributed by atoms with Crippen LogP contribution in [0, 0.1) is 17.0 Å². The number of Topliss-reactive ketones (excluding diaryl/α,β-unsaturated/α-hetero) is 1. The summed E-state index contributed by atoms with van der Waals surface area (Å²) in [5.41, 5.74) is 0.111. The number of hydrogen-bond donors (Lipinski definition) is 1. The average molecular weight is 458 g/mol. The number of halogens is 3. The molecule has 0 unspecified atom stereocenters. The van der Waals surface area contributed by atoms with Crippen LogP contribution in [0.1, 0.15) is 35.2 Å². The molecule has 0 spiro atoms. The van der Waals surface area contributed by atoms with Gasteiger partial charge in [0.15, 0.2) is 28.9 Å². The molecule has 164 valence electrons. The minimum atomic E-state index is -0.749. The minimum absolute atomic E-state index is 0.0694. The normalized spacial score (nSPS) is 14.0. The summed E-state index contributed by atoms with van der Waals surface area (Å²) >= 11 is 5.70. The van der Waals surface area contributed by atoms with Crippen molar-refractivity contribution in [1.82, 2.24) is 15.3 Å². The molecule has 9 heteroatoms. The van der Waals surface area contributed by atoms with Gasteiger partial charge in [0.25, 0.3) is 0 Å². The maximum atomic E-state index is 14.4. The number of rotatable bonds is 8. The molecule has 1 N–H and O–H groups in total. The van der Waals surface area contributed by atoms with Crippen molar-refractivity contribution in [2.45, 2.75) is 25.8 Å². The highest BCUT2D eigenvalue weighted by Crippen LogP contribution is 2.49. The van der Waals surface area contributed by atoms with E-state index in [1.54, 1.807) is 6.07 Å². The first-order valence-corrected chi connectivity index (χ1v) is 10.2. The number of carbonyl (C=O) groups excluding carboxylic acids is 2. The summed E-state index contributed by atoms with van der Waals surface area (Å²) in [5, 5.41) is 2.97. The van der Waals surface area contributed by atoms with Crippen LogP contribution in [0.2, 0.25) is 5.02 Å². The van der Waals surface area contributed by atoms with Crippen LogP contribution in [0.5, 0.6) is 11.5 Å². The second-order valence-corrected chi connectivity index (χ2v) is 8.07. The van der Waals surface area contributed by atoms with E-state index in [4.69, 9.17) is 16.3 Å². The fourth-order valence-electron chi connectivity index (χ4n) is 3.27. The Balaban J connectivity index is 1.36. The van der Waals surface area contributed by atoms with Gasteiger partial charge < -0.3 is 10.1 Å². The van der Waals surface area contributed by atoms with Crippen molar-refractivity contribution in [1.29, 1.82) is 0 Å². The highest BCUT2D eigenvalue weighted by atomic mass is 35.5. The standard InChI is InChI=1S/C23H18ClF2N3O3/c24-16-2-4-21(18(26)8-16)32-20-3-1-14(7-17(20)25)10-29-22(31)23(5-6-23)9-19(30)15-11-27-13-28-12-15/h1-4,7-8,11-13H,5-6,9-10H2,(H,29,31). The van der Waals surface area contributed by atoms with E-state index < -0.39 is 17.0 Å². The molecule has 0 saturated heterocycles. The van der Waals surface area contributed by atoms with Crippen LogP contribution in [0.15, 0.2) is 55.1 Å². The van der Waals surface area contributed by atoms with Gasteiger partial charge in [-0.2, -0.15) is 0 Å². The van der Waals surface area contributed by atoms with Crippen LogP contribution >= 0.6 is 11.6 Å². The topological polar surface area (TPSA) is 81.2 Å². The number of amides is 1. The Kier molecular flexibility index (Phi) is 6.14. The molecule has 3 aromatic rings. The molecule has 1 aliphatic rings. The van der Waals surface area contributed by atoms with E-state index in [0.29, 0.717) is 24.0 Å². The van der Waals surface area contributed by atoms with Gasteiger partial charge in [0.2, 0.25) is 5.91 Å². The molecule has 1 amide bonds. The molecule has 1 aromatic heterocycles. The number of nitrogens with zero attached hydrogens (tertiary/aromatic N) is 2. The summed E-state index contributed by atoms with van der Waals surface area (Å²) in [6, 6.07) is 7.95. The average Bonchev–Trinajstić information content (AvgIpc) is 3.56. The molecule has 32 heavy (non-hydrogen) atoms. The van der Waals surface area contributed by atoms with Crippen molar-refractivity contribution in [3.63, 3.8) is 0 Å². The fourth-order valence-corrected chi connectivity index (χ4v) is 3.43. The maximum Gasteiger partial charge on any atom is 0.226 e. The lowest BCUT2D eigenvalue weighted by molar-refractivity contribution is -0.126. The molecular weight excluding hydrogens is 440 g/mol. The molecular formula is C23H18ClF2N3O3. The molecule has 0 radical (unpaired) electrons. The molecule has 0 atom stereocenters. The van der Waals surface area contributed by atoms with Crippen LogP contribution in [-0.4, -0.2) is 21.7 Å². The molecule has 6 nitrogen and oxygen atoms in total. The summed E-state index contributed by atoms with van der Waals surface area (Å²) < 4.78 is 33.6. The van der Waals surface area contributed by atoms with Gasteiger partial charge in [-0.3, -0.25) is 9.59 Å². The Bertz CT molecular complexity index is 1170. The fraction of sp³-hybridized carbons (Fsp3) is 0.217. The molecule has 1 heterocycles. The number of ether oxygens (including phenoxy) is 1. The smallest absolute Gasteiger partial charge is 0.226 e. The Morgan fingerprint density at radius 3 is 2.31 bits per heavy atom. The summed E-state index contributed by atoms with van der Waals surface area (Å²) in [4.78, 5) is 32.7. The highest BCUT2D eigenvalue weighted by Gasteiger charge is 2.51. The summed E-state index contributed by atoms with van der Waals surface area (Å²) in [6.07, 6.45) is 5.45. The lowest BCUT2D eigenvalue weighted by Gasteiger charge is -2.15. The minimum Gasteiger partial charge on any atom is -0.451 e. The van der Waals surface area contributed by atoms with Crippen LogP contribution in [-0.2, 0) is 11.3 Å². The Morgan fingerprint density at radius 1 is 1.03 bits per heavy atom. The van der Waals surface area contributed by atoms with Crippen LogP contribution < -0.4 is 10.1 Å². The predicted molar refractivity (Wildman–Crippen MR) is 112 cm³/mol. The SMILES string of the molecule is O=C(CC1(C(=O)NCc2ccc(Oc3ccc(Cl)cc3F)c(F)c2)CC1)c1cncnc1. The van der Waals surface area contributed by atoms with Crippen molar-refractivity contribution >= 4 is 23.3 Å². The molecule has 2 aromatic carbocycles. The second kappa shape index (κ2) is 9.00. The monoisotopic (exact) mass is 457 g/mol. The van der Waals surface area contributed by atoms with E-state index in [1.807, 2.05) is 0 Å². The first-order chi connectivity index (χ1) is 15.4. The lowest BCUT2D eigenvalue weighted by Crippen LogP contribution is -2.33. The summed E-state index contributed by atoms with van der Waals surface area (Å²) in [6.45, 7) is 0.0791. The molecule has 0 bridgehead atoms. The number of ketones is 1. The zero-order chi connectivity index (χ0) is 22.7. The van der Waals surface area contributed by atoms with Crippen molar-refractivity contribution < 1.29 is 23.1 Å². The van der Waals surface area contributed by atoms with Gasteiger partial charge in [-0.15, -0.1) is 0 Å².